The molecule has 0 aliphatic heterocycles. The summed E-state index contributed by atoms with van der Waals surface area (Å²) in [6.45, 7) is 0.269. The molecule has 0 aliphatic rings. The number of carbonyl (C=O) groups excluding carboxylic acids is 1. The number of halogens is 2. The fourth-order valence-corrected chi connectivity index (χ4v) is 2.30. The smallest absolute Gasteiger partial charge is 0.183 e. The second-order valence-electron chi connectivity index (χ2n) is 4.24. The van der Waals surface area contributed by atoms with E-state index in [1.165, 1.54) is 0 Å². The maximum absolute atomic E-state index is 12.2. The molecular weight excluding hydrogens is 281 g/mol. The summed E-state index contributed by atoms with van der Waals surface area (Å²) in [4.78, 5) is 14.1. The lowest BCUT2D eigenvalue weighted by Gasteiger charge is -2.18. The highest BCUT2D eigenvalue weighted by molar-refractivity contribution is 6.36. The monoisotopic (exact) mass is 293 g/mol. The maximum Gasteiger partial charge on any atom is 0.183 e. The number of hydrogen-bond acceptors (Lipinski definition) is 2. The Balaban J connectivity index is 2.13. The van der Waals surface area contributed by atoms with Crippen LogP contribution in [-0.4, -0.2) is 19.4 Å². The first-order chi connectivity index (χ1) is 9.08. The number of para-hydroxylation sites is 1. The molecule has 0 aliphatic carbocycles. The molecule has 0 N–H and O–H groups in total. The van der Waals surface area contributed by atoms with Crippen molar-refractivity contribution < 1.29 is 4.79 Å². The highest BCUT2D eigenvalue weighted by atomic mass is 35.5. The van der Waals surface area contributed by atoms with Gasteiger partial charge in [-0.2, -0.15) is 0 Å². The number of rotatable bonds is 4. The number of nitrogens with zero attached hydrogens (tertiary/aromatic N) is 1. The van der Waals surface area contributed by atoms with Crippen LogP contribution in [0, 0.1) is 0 Å². The van der Waals surface area contributed by atoms with Crippen molar-refractivity contribution in [2.75, 3.05) is 18.5 Å². The average molecular weight is 294 g/mol. The van der Waals surface area contributed by atoms with Gasteiger partial charge in [-0.05, 0) is 30.3 Å². The van der Waals surface area contributed by atoms with Gasteiger partial charge in [0.15, 0.2) is 5.78 Å². The number of hydrogen-bond donors (Lipinski definition) is 0. The molecule has 0 unspecified atom stereocenters. The average Bonchev–Trinajstić information content (AvgIpc) is 2.39. The third-order valence-corrected chi connectivity index (χ3v) is 3.36. The number of likely N-dealkylation sites (N-methyl/N-ethyl adjacent to an activating group) is 1. The molecule has 0 spiro atoms. The Labute approximate surface area is 122 Å². The SMILES string of the molecule is CN(CC(=O)c1ccc(Cl)cc1Cl)c1ccccc1. The second kappa shape index (κ2) is 6.09. The molecule has 2 nitrogen and oxygen atoms in total. The fourth-order valence-electron chi connectivity index (χ4n) is 1.79. The van der Waals surface area contributed by atoms with E-state index in [1.54, 1.807) is 18.2 Å². The minimum absolute atomic E-state index is 0.0342. The van der Waals surface area contributed by atoms with Crippen LogP contribution < -0.4 is 4.90 Å². The van der Waals surface area contributed by atoms with Crippen molar-refractivity contribution in [3.05, 3.63) is 64.1 Å². The largest absolute Gasteiger partial charge is 0.367 e. The van der Waals surface area contributed by atoms with E-state index < -0.39 is 0 Å². The fraction of sp³-hybridized carbons (Fsp3) is 0.133. The molecule has 98 valence electrons. The minimum Gasteiger partial charge on any atom is -0.367 e. The lowest BCUT2D eigenvalue weighted by Crippen LogP contribution is -2.25. The van der Waals surface area contributed by atoms with E-state index in [0.717, 1.165) is 5.69 Å². The van der Waals surface area contributed by atoms with Crippen LogP contribution in [-0.2, 0) is 0 Å². The van der Waals surface area contributed by atoms with E-state index in [-0.39, 0.29) is 12.3 Å². The van der Waals surface area contributed by atoms with E-state index in [9.17, 15) is 4.79 Å². The Morgan fingerprint density at radius 3 is 2.42 bits per heavy atom. The summed E-state index contributed by atoms with van der Waals surface area (Å²) < 4.78 is 0. The first kappa shape index (κ1) is 13.9. The summed E-state index contributed by atoms with van der Waals surface area (Å²) in [7, 11) is 1.87. The van der Waals surface area contributed by atoms with Gasteiger partial charge in [0.1, 0.15) is 0 Å². The number of ketones is 1. The summed E-state index contributed by atoms with van der Waals surface area (Å²) in [6, 6.07) is 14.6. The van der Waals surface area contributed by atoms with Gasteiger partial charge in [-0.25, -0.2) is 0 Å². The molecule has 0 radical (unpaired) electrons. The van der Waals surface area contributed by atoms with Crippen LogP contribution in [0.2, 0.25) is 10.0 Å². The standard InChI is InChI=1S/C15H13Cl2NO/c1-18(12-5-3-2-4-6-12)10-15(19)13-8-7-11(16)9-14(13)17/h2-9H,10H2,1H3. The van der Waals surface area contributed by atoms with Crippen LogP contribution in [0.25, 0.3) is 0 Å². The van der Waals surface area contributed by atoms with Crippen molar-refractivity contribution in [1.29, 1.82) is 0 Å². The molecule has 0 fully saturated rings. The quantitative estimate of drug-likeness (QED) is 0.783. The van der Waals surface area contributed by atoms with Crippen molar-refractivity contribution in [3.63, 3.8) is 0 Å². The topological polar surface area (TPSA) is 20.3 Å². The van der Waals surface area contributed by atoms with Gasteiger partial charge in [0.2, 0.25) is 0 Å². The summed E-state index contributed by atoms with van der Waals surface area (Å²) in [5.41, 5.74) is 1.48. The van der Waals surface area contributed by atoms with Gasteiger partial charge in [0.25, 0.3) is 0 Å². The first-order valence-corrected chi connectivity index (χ1v) is 6.58. The molecule has 19 heavy (non-hydrogen) atoms. The van der Waals surface area contributed by atoms with Crippen molar-refractivity contribution in [2.24, 2.45) is 0 Å². The van der Waals surface area contributed by atoms with Gasteiger partial charge in [-0.15, -0.1) is 0 Å². The zero-order chi connectivity index (χ0) is 13.8. The van der Waals surface area contributed by atoms with Crippen LogP contribution in [0.4, 0.5) is 5.69 Å². The van der Waals surface area contributed by atoms with Crippen molar-refractivity contribution in [2.45, 2.75) is 0 Å². The maximum atomic E-state index is 12.2. The molecule has 0 atom stereocenters. The van der Waals surface area contributed by atoms with Crippen molar-refractivity contribution >= 4 is 34.7 Å². The summed E-state index contributed by atoms with van der Waals surface area (Å²) in [5, 5.41) is 0.914. The molecule has 0 saturated carbocycles. The molecule has 2 aromatic carbocycles. The Morgan fingerprint density at radius 2 is 1.79 bits per heavy atom. The molecule has 2 aromatic rings. The second-order valence-corrected chi connectivity index (χ2v) is 5.08. The lowest BCUT2D eigenvalue weighted by atomic mass is 10.1. The molecule has 4 heteroatoms. The first-order valence-electron chi connectivity index (χ1n) is 5.82. The van der Waals surface area contributed by atoms with Gasteiger partial charge in [-0.3, -0.25) is 4.79 Å². The molecule has 2 rings (SSSR count). The van der Waals surface area contributed by atoms with Gasteiger partial charge >= 0.3 is 0 Å². The van der Waals surface area contributed by atoms with Gasteiger partial charge in [0.05, 0.1) is 11.6 Å². The van der Waals surface area contributed by atoms with Gasteiger partial charge < -0.3 is 4.90 Å². The third kappa shape index (κ3) is 3.49. The zero-order valence-corrected chi connectivity index (χ0v) is 11.9. The zero-order valence-electron chi connectivity index (χ0n) is 10.4. The lowest BCUT2D eigenvalue weighted by molar-refractivity contribution is 0.100. The van der Waals surface area contributed by atoms with Crippen molar-refractivity contribution in [1.82, 2.24) is 0 Å². The number of benzene rings is 2. The number of anilines is 1. The van der Waals surface area contributed by atoms with E-state index in [0.29, 0.717) is 15.6 Å². The van der Waals surface area contributed by atoms with E-state index in [1.807, 2.05) is 42.3 Å². The predicted molar refractivity (Wildman–Crippen MR) is 80.5 cm³/mol. The van der Waals surface area contributed by atoms with Gasteiger partial charge in [-0.1, -0.05) is 41.4 Å². The summed E-state index contributed by atoms with van der Waals surface area (Å²) >= 11 is 11.8. The number of Topliss-reactive ketones (excluding diaryl/α,β-unsaturated/α-hetero) is 1. The minimum atomic E-state index is -0.0342. The predicted octanol–water partition coefficient (Wildman–Crippen LogP) is 4.31. The Bertz CT molecular complexity index is 584. The number of carbonyl (C=O) groups is 1. The molecule has 0 aromatic heterocycles. The van der Waals surface area contributed by atoms with E-state index >= 15 is 0 Å². The highest BCUT2D eigenvalue weighted by Gasteiger charge is 2.13. The molecule has 0 amide bonds. The molecular formula is C15H13Cl2NO. The normalized spacial score (nSPS) is 10.3. The van der Waals surface area contributed by atoms with Crippen molar-refractivity contribution in [3.8, 4) is 0 Å². The van der Waals surface area contributed by atoms with Crippen LogP contribution in [0.5, 0.6) is 0 Å². The summed E-state index contributed by atoms with van der Waals surface area (Å²) in [6.07, 6.45) is 0. The van der Waals surface area contributed by atoms with Crippen LogP contribution in [0.15, 0.2) is 48.5 Å². The van der Waals surface area contributed by atoms with E-state index in [2.05, 4.69) is 0 Å². The Hall–Kier alpha value is -1.51. The summed E-state index contributed by atoms with van der Waals surface area (Å²) in [5.74, 6) is -0.0342. The molecule has 0 saturated heterocycles. The van der Waals surface area contributed by atoms with Crippen LogP contribution in [0.3, 0.4) is 0 Å². The Kier molecular flexibility index (Phi) is 4.46. The molecule has 0 heterocycles. The van der Waals surface area contributed by atoms with E-state index in [4.69, 9.17) is 23.2 Å². The third-order valence-electron chi connectivity index (χ3n) is 2.81. The van der Waals surface area contributed by atoms with Gasteiger partial charge in [0, 0.05) is 23.3 Å². The van der Waals surface area contributed by atoms with Crippen LogP contribution in [0.1, 0.15) is 10.4 Å². The molecule has 0 bridgehead atoms. The Morgan fingerprint density at radius 1 is 1.11 bits per heavy atom. The van der Waals surface area contributed by atoms with Crippen LogP contribution >= 0.6 is 23.2 Å². The highest BCUT2D eigenvalue weighted by Crippen LogP contribution is 2.22.